The molecule has 51 heavy (non-hydrogen) atoms. The van der Waals surface area contributed by atoms with Gasteiger partial charge in [0.25, 0.3) is 0 Å². The molecular weight excluding hydrogens is 686 g/mol. The van der Waals surface area contributed by atoms with E-state index in [0.29, 0.717) is 12.8 Å². The first kappa shape index (κ1) is 41.4. The minimum absolute atomic E-state index is 0.104. The number of nitrogens with one attached hydrogen (secondary N) is 4. The second-order valence-electron chi connectivity index (χ2n) is 16.9. The number of hydrogen-bond acceptors (Lipinski definition) is 13. The Hall–Kier alpha value is -4.02. The molecule has 4 unspecified atom stereocenters. The van der Waals surface area contributed by atoms with E-state index in [1.165, 1.54) is 0 Å². The van der Waals surface area contributed by atoms with Crippen LogP contribution in [0.3, 0.4) is 0 Å². The number of rotatable bonds is 6. The van der Waals surface area contributed by atoms with E-state index in [1.807, 2.05) is 0 Å². The molecule has 0 radical (unpaired) electrons. The fourth-order valence-corrected chi connectivity index (χ4v) is 5.60. The monoisotopic (exact) mass is 741 g/mol. The summed E-state index contributed by atoms with van der Waals surface area (Å²) < 4.78 is 21.9. The summed E-state index contributed by atoms with van der Waals surface area (Å²) in [4.78, 5) is 68.1. The molecule has 2 fully saturated rings. The minimum atomic E-state index is -0.718. The van der Waals surface area contributed by atoms with Crippen molar-refractivity contribution in [3.63, 3.8) is 0 Å². The van der Waals surface area contributed by atoms with Gasteiger partial charge in [0, 0.05) is 26.2 Å². The fraction of sp³-hybridized carbons (Fsp3) is 0.788. The Morgan fingerprint density at radius 1 is 0.510 bits per heavy atom. The summed E-state index contributed by atoms with van der Waals surface area (Å²) in [5, 5.41) is 11.4. The Bertz CT molecular complexity index is 1230. The first-order valence-corrected chi connectivity index (χ1v) is 17.5. The highest BCUT2D eigenvalue weighted by atomic mass is 35.5. The lowest BCUT2D eigenvalue weighted by atomic mass is 10.0. The summed E-state index contributed by atoms with van der Waals surface area (Å²) >= 11 is 6.49. The summed E-state index contributed by atoms with van der Waals surface area (Å²) in [5.41, 5.74) is -2.87. The molecule has 2 aliphatic heterocycles. The van der Waals surface area contributed by atoms with Crippen LogP contribution in [0.2, 0.25) is 5.28 Å². The third-order valence-electron chi connectivity index (χ3n) is 6.93. The van der Waals surface area contributed by atoms with E-state index in [-0.39, 0.29) is 43.4 Å². The van der Waals surface area contributed by atoms with Crippen LogP contribution in [-0.4, -0.2) is 112 Å². The fourth-order valence-electron chi connectivity index (χ4n) is 5.45. The van der Waals surface area contributed by atoms with Gasteiger partial charge in [0.1, 0.15) is 22.4 Å². The number of hydrogen-bond donors (Lipinski definition) is 4. The molecule has 1 aromatic rings. The zero-order valence-corrected chi connectivity index (χ0v) is 32.7. The maximum atomic E-state index is 12.8. The number of ether oxygens (including phenoxy) is 4. The number of alkyl carbamates (subject to hydrolysis) is 4. The van der Waals surface area contributed by atoms with Gasteiger partial charge in [0.15, 0.2) is 0 Å². The normalized spacial score (nSPS) is 21.6. The molecular formula is C33H56ClN9O8. The number of carbonyl (C=O) groups excluding carboxylic acids is 4. The molecule has 0 bridgehead atoms. The standard InChI is InChI=1S/C33H56ClN9O8/c1-30(2,3)48-26(44)35-19-13-20(36-27(45)49-31(4,5)6)16-42(15-19)24-39-23(34)40-25(41-24)43-17-21(37-28(46)50-32(7,8)9)14-22(18-43)38-29(47)51-33(10,11)12/h19-22H,13-18H2,1-12H3,(H,35,44)(H,36,45)(H,37,46)(H,38,47). The number of halogens is 1. The van der Waals surface area contributed by atoms with Crippen LogP contribution in [-0.2, 0) is 18.9 Å². The number of aromatic nitrogens is 3. The Balaban J connectivity index is 1.91. The molecule has 0 saturated carbocycles. The molecule has 288 valence electrons. The van der Waals surface area contributed by atoms with Gasteiger partial charge in [0.05, 0.1) is 24.2 Å². The van der Waals surface area contributed by atoms with Crippen molar-refractivity contribution in [3.8, 4) is 0 Å². The molecule has 1 aromatic heterocycles. The van der Waals surface area contributed by atoms with E-state index < -0.39 is 70.9 Å². The van der Waals surface area contributed by atoms with Crippen molar-refractivity contribution in [2.24, 2.45) is 0 Å². The Morgan fingerprint density at radius 3 is 0.961 bits per heavy atom. The molecule has 3 rings (SSSR count). The van der Waals surface area contributed by atoms with Crippen LogP contribution in [0.4, 0.5) is 31.1 Å². The van der Waals surface area contributed by atoms with E-state index in [4.69, 9.17) is 35.5 Å². The summed E-state index contributed by atoms with van der Waals surface area (Å²) in [6.07, 6.45) is -1.69. The van der Waals surface area contributed by atoms with Gasteiger partial charge in [-0.2, -0.15) is 15.0 Å². The molecule has 4 atom stereocenters. The van der Waals surface area contributed by atoms with Gasteiger partial charge >= 0.3 is 24.4 Å². The molecule has 0 aromatic carbocycles. The van der Waals surface area contributed by atoms with E-state index >= 15 is 0 Å². The van der Waals surface area contributed by atoms with Crippen LogP contribution in [0.5, 0.6) is 0 Å². The Labute approximate surface area is 305 Å². The average molecular weight is 742 g/mol. The predicted octanol–water partition coefficient (Wildman–Crippen LogP) is 4.52. The zero-order valence-electron chi connectivity index (χ0n) is 31.9. The number of anilines is 2. The molecule has 2 aliphatic rings. The van der Waals surface area contributed by atoms with Gasteiger partial charge in [-0.3, -0.25) is 0 Å². The summed E-state index contributed by atoms with van der Waals surface area (Å²) in [7, 11) is 0. The molecule has 2 saturated heterocycles. The summed E-state index contributed by atoms with van der Waals surface area (Å²) in [6.45, 7) is 22.2. The van der Waals surface area contributed by atoms with Crippen LogP contribution in [0.25, 0.3) is 0 Å². The number of piperidine rings is 2. The molecule has 4 N–H and O–H groups in total. The average Bonchev–Trinajstić information content (AvgIpc) is 2.87. The van der Waals surface area contributed by atoms with Crippen LogP contribution in [0.1, 0.15) is 95.9 Å². The van der Waals surface area contributed by atoms with E-state index in [0.717, 1.165) is 0 Å². The summed E-state index contributed by atoms with van der Waals surface area (Å²) in [5.74, 6) is 0.381. The second kappa shape index (κ2) is 16.1. The predicted molar refractivity (Wildman–Crippen MR) is 191 cm³/mol. The highest BCUT2D eigenvalue weighted by Gasteiger charge is 2.36. The van der Waals surface area contributed by atoms with Crippen LogP contribution < -0.4 is 31.1 Å². The molecule has 0 spiro atoms. The van der Waals surface area contributed by atoms with Crippen molar-refractivity contribution in [1.29, 1.82) is 0 Å². The quantitative estimate of drug-likeness (QED) is 0.297. The van der Waals surface area contributed by atoms with Gasteiger partial charge in [-0.1, -0.05) is 0 Å². The minimum Gasteiger partial charge on any atom is -0.444 e. The second-order valence-corrected chi connectivity index (χ2v) is 17.2. The maximum Gasteiger partial charge on any atom is 0.407 e. The molecule has 4 amide bonds. The van der Waals surface area contributed by atoms with Gasteiger partial charge in [-0.15, -0.1) is 0 Å². The molecule has 17 nitrogen and oxygen atoms in total. The largest absolute Gasteiger partial charge is 0.444 e. The maximum absolute atomic E-state index is 12.8. The van der Waals surface area contributed by atoms with Crippen molar-refractivity contribution >= 4 is 47.9 Å². The topological polar surface area (TPSA) is 198 Å². The van der Waals surface area contributed by atoms with Crippen molar-refractivity contribution in [1.82, 2.24) is 36.2 Å². The van der Waals surface area contributed by atoms with Crippen LogP contribution >= 0.6 is 11.6 Å². The SMILES string of the molecule is CC(C)(C)OC(=O)NC1CC(NC(=O)OC(C)(C)C)CN(c2nc(Cl)nc(N3CC(NC(=O)OC(C)(C)C)CC(NC(=O)OC(C)(C)C)C3)n2)C1. The lowest BCUT2D eigenvalue weighted by Crippen LogP contribution is -2.59. The Morgan fingerprint density at radius 2 is 0.745 bits per heavy atom. The van der Waals surface area contributed by atoms with Crippen LogP contribution in [0, 0.1) is 0 Å². The number of amides is 4. The van der Waals surface area contributed by atoms with Crippen molar-refractivity contribution in [2.75, 3.05) is 36.0 Å². The smallest absolute Gasteiger partial charge is 0.407 e. The molecule has 3 heterocycles. The lowest BCUT2D eigenvalue weighted by molar-refractivity contribution is 0.0452. The number of carbonyl (C=O) groups is 4. The molecule has 18 heteroatoms. The van der Waals surface area contributed by atoms with Gasteiger partial charge < -0.3 is 50.0 Å². The van der Waals surface area contributed by atoms with E-state index in [2.05, 4.69) is 31.2 Å². The van der Waals surface area contributed by atoms with Crippen molar-refractivity contribution in [2.45, 2.75) is 142 Å². The van der Waals surface area contributed by atoms with E-state index in [1.54, 1.807) is 92.9 Å². The Kier molecular flexibility index (Phi) is 13.1. The zero-order chi connectivity index (χ0) is 38.5. The highest BCUT2D eigenvalue weighted by molar-refractivity contribution is 6.28. The van der Waals surface area contributed by atoms with Gasteiger partial charge in [-0.05, 0) is 108 Å². The van der Waals surface area contributed by atoms with E-state index in [9.17, 15) is 19.2 Å². The third kappa shape index (κ3) is 15.4. The molecule has 0 aliphatic carbocycles. The first-order chi connectivity index (χ1) is 23.2. The first-order valence-electron chi connectivity index (χ1n) is 17.1. The number of nitrogens with zero attached hydrogens (tertiary/aromatic N) is 5. The van der Waals surface area contributed by atoms with Crippen molar-refractivity contribution < 1.29 is 38.1 Å². The summed E-state index contributed by atoms with van der Waals surface area (Å²) in [6, 6.07) is -1.92. The van der Waals surface area contributed by atoms with Gasteiger partial charge in [-0.25, -0.2) is 19.2 Å². The van der Waals surface area contributed by atoms with Crippen LogP contribution in [0.15, 0.2) is 0 Å². The van der Waals surface area contributed by atoms with Crippen molar-refractivity contribution in [3.05, 3.63) is 5.28 Å². The highest BCUT2D eigenvalue weighted by Crippen LogP contribution is 2.25. The van der Waals surface area contributed by atoms with Gasteiger partial charge in [0.2, 0.25) is 17.2 Å². The lowest BCUT2D eigenvalue weighted by Gasteiger charge is -2.40. The third-order valence-corrected chi connectivity index (χ3v) is 7.10.